The van der Waals surface area contributed by atoms with E-state index in [0.29, 0.717) is 9.60 Å². The van der Waals surface area contributed by atoms with Crippen molar-refractivity contribution in [2.24, 2.45) is 0 Å². The quantitative estimate of drug-likeness (QED) is 0.899. The molecule has 0 aromatic carbocycles. The summed E-state index contributed by atoms with van der Waals surface area (Å²) in [5.74, 6) is -0.194. The van der Waals surface area contributed by atoms with Crippen LogP contribution in [0.2, 0.25) is 0 Å². The van der Waals surface area contributed by atoms with Crippen molar-refractivity contribution in [2.45, 2.75) is 0 Å². The molecule has 0 bridgehead atoms. The SMILES string of the molecule is O=C(Nc1nnns1)c1occc1Br. The fourth-order valence-electron chi connectivity index (χ4n) is 0.792. The third-order valence-electron chi connectivity index (χ3n) is 1.34. The molecule has 0 aliphatic rings. The molecule has 0 unspecified atom stereocenters. The van der Waals surface area contributed by atoms with Crippen molar-refractivity contribution >= 4 is 38.5 Å². The third-order valence-corrected chi connectivity index (χ3v) is 2.48. The maximum atomic E-state index is 11.5. The number of nitrogens with zero attached hydrogens (tertiary/aromatic N) is 3. The predicted octanol–water partition coefficient (Wildman–Crippen LogP) is 1.54. The Morgan fingerprint density at radius 3 is 3.07 bits per heavy atom. The van der Waals surface area contributed by atoms with Crippen LogP contribution in [0.25, 0.3) is 0 Å². The van der Waals surface area contributed by atoms with Gasteiger partial charge in [-0.2, -0.15) is 0 Å². The van der Waals surface area contributed by atoms with Gasteiger partial charge in [-0.15, -0.1) is 0 Å². The van der Waals surface area contributed by atoms with Gasteiger partial charge in [0.25, 0.3) is 5.91 Å². The van der Waals surface area contributed by atoms with E-state index in [0.717, 1.165) is 11.5 Å². The monoisotopic (exact) mass is 274 g/mol. The fraction of sp³-hybridized carbons (Fsp3) is 0. The van der Waals surface area contributed by atoms with E-state index in [9.17, 15) is 4.79 Å². The molecule has 6 nitrogen and oxygen atoms in total. The fourth-order valence-corrected chi connectivity index (χ4v) is 1.53. The van der Waals surface area contributed by atoms with Gasteiger partial charge >= 0.3 is 0 Å². The van der Waals surface area contributed by atoms with Gasteiger partial charge in [-0.25, -0.2) is 0 Å². The van der Waals surface area contributed by atoms with Crippen molar-refractivity contribution in [1.29, 1.82) is 0 Å². The van der Waals surface area contributed by atoms with Crippen LogP contribution in [0.15, 0.2) is 21.2 Å². The molecule has 0 aliphatic carbocycles. The third kappa shape index (κ3) is 1.80. The van der Waals surface area contributed by atoms with Gasteiger partial charge in [-0.05, 0) is 27.2 Å². The largest absolute Gasteiger partial charge is 0.458 e. The van der Waals surface area contributed by atoms with Crippen molar-refractivity contribution < 1.29 is 9.21 Å². The Labute approximate surface area is 90.6 Å². The first-order valence-corrected chi connectivity index (χ1v) is 5.03. The molecule has 0 fully saturated rings. The van der Waals surface area contributed by atoms with E-state index in [-0.39, 0.29) is 11.7 Å². The molecule has 0 saturated heterocycles. The first-order valence-electron chi connectivity index (χ1n) is 3.47. The number of carbonyl (C=O) groups excluding carboxylic acids is 1. The lowest BCUT2D eigenvalue weighted by atomic mass is 10.4. The second kappa shape index (κ2) is 3.84. The summed E-state index contributed by atoms with van der Waals surface area (Å²) >= 11 is 4.16. The topological polar surface area (TPSA) is 80.9 Å². The van der Waals surface area contributed by atoms with Crippen molar-refractivity contribution in [3.05, 3.63) is 22.6 Å². The van der Waals surface area contributed by atoms with E-state index >= 15 is 0 Å². The summed E-state index contributed by atoms with van der Waals surface area (Å²) in [4.78, 5) is 11.5. The smallest absolute Gasteiger partial charge is 0.294 e. The molecule has 2 aromatic rings. The standard InChI is InChI=1S/C6H3BrN4O2S/c7-3-1-2-13-4(3)5(12)8-6-9-10-11-14-6/h1-2H,(H,8,9,11,12). The highest BCUT2D eigenvalue weighted by atomic mass is 79.9. The number of carbonyl (C=O) groups is 1. The highest BCUT2D eigenvalue weighted by Gasteiger charge is 2.15. The van der Waals surface area contributed by atoms with Gasteiger partial charge in [-0.3, -0.25) is 10.1 Å². The molecule has 0 radical (unpaired) electrons. The van der Waals surface area contributed by atoms with Crippen LogP contribution in [0.3, 0.4) is 0 Å². The lowest BCUT2D eigenvalue weighted by molar-refractivity contribution is 0.0995. The Morgan fingerprint density at radius 1 is 1.64 bits per heavy atom. The molecule has 8 heteroatoms. The van der Waals surface area contributed by atoms with E-state index in [2.05, 4.69) is 36.0 Å². The van der Waals surface area contributed by atoms with Crippen LogP contribution in [0, 0.1) is 0 Å². The minimum Gasteiger partial charge on any atom is -0.458 e. The number of furan rings is 1. The molecule has 0 spiro atoms. The molecule has 72 valence electrons. The zero-order valence-electron chi connectivity index (χ0n) is 6.60. The Hall–Kier alpha value is -1.28. The number of aromatic nitrogens is 3. The molecule has 2 rings (SSSR count). The Bertz CT molecular complexity index is 440. The van der Waals surface area contributed by atoms with Crippen LogP contribution in [-0.4, -0.2) is 20.7 Å². The highest BCUT2D eigenvalue weighted by molar-refractivity contribution is 9.10. The summed E-state index contributed by atoms with van der Waals surface area (Å²) in [6.45, 7) is 0. The van der Waals surface area contributed by atoms with Crippen LogP contribution in [0.4, 0.5) is 5.13 Å². The molecular weight excluding hydrogens is 272 g/mol. The van der Waals surface area contributed by atoms with Gasteiger partial charge in [0, 0.05) is 11.5 Å². The highest BCUT2D eigenvalue weighted by Crippen LogP contribution is 2.18. The first-order chi connectivity index (χ1) is 6.77. The van der Waals surface area contributed by atoms with Crippen molar-refractivity contribution in [2.75, 3.05) is 5.32 Å². The molecular formula is C6H3BrN4O2S. The second-order valence-electron chi connectivity index (χ2n) is 2.22. The number of rotatable bonds is 2. The van der Waals surface area contributed by atoms with E-state index < -0.39 is 0 Å². The number of nitrogens with one attached hydrogen (secondary N) is 1. The lowest BCUT2D eigenvalue weighted by Crippen LogP contribution is -2.11. The summed E-state index contributed by atoms with van der Waals surface area (Å²) in [6, 6.07) is 1.63. The summed E-state index contributed by atoms with van der Waals surface area (Å²) in [6.07, 6.45) is 1.41. The summed E-state index contributed by atoms with van der Waals surface area (Å²) in [5, 5.41) is 9.72. The van der Waals surface area contributed by atoms with Gasteiger partial charge in [-0.1, -0.05) is 9.59 Å². The van der Waals surface area contributed by atoms with E-state index in [4.69, 9.17) is 4.42 Å². The molecule has 2 aromatic heterocycles. The molecule has 0 saturated carbocycles. The molecule has 0 aliphatic heterocycles. The number of hydrogen-bond acceptors (Lipinski definition) is 6. The zero-order chi connectivity index (χ0) is 9.97. The maximum Gasteiger partial charge on any atom is 0.294 e. The average molecular weight is 275 g/mol. The van der Waals surface area contributed by atoms with Gasteiger partial charge in [0.2, 0.25) is 10.9 Å². The van der Waals surface area contributed by atoms with Crippen molar-refractivity contribution in [3.63, 3.8) is 0 Å². The van der Waals surface area contributed by atoms with Gasteiger partial charge < -0.3 is 4.42 Å². The lowest BCUT2D eigenvalue weighted by Gasteiger charge is -1.96. The van der Waals surface area contributed by atoms with Crippen molar-refractivity contribution in [3.8, 4) is 0 Å². The number of amides is 1. The Balaban J connectivity index is 2.14. The molecule has 2 heterocycles. The Morgan fingerprint density at radius 2 is 2.50 bits per heavy atom. The summed E-state index contributed by atoms with van der Waals surface area (Å²) < 4.78 is 9.04. The molecule has 14 heavy (non-hydrogen) atoms. The molecule has 0 atom stereocenters. The average Bonchev–Trinajstić information content (AvgIpc) is 2.75. The number of hydrogen-bond donors (Lipinski definition) is 1. The second-order valence-corrected chi connectivity index (χ2v) is 3.81. The van der Waals surface area contributed by atoms with Gasteiger partial charge in [0.15, 0.2) is 0 Å². The molecule has 1 N–H and O–H groups in total. The normalized spacial score (nSPS) is 10.1. The van der Waals surface area contributed by atoms with Crippen LogP contribution in [0.1, 0.15) is 10.6 Å². The van der Waals surface area contributed by atoms with Crippen molar-refractivity contribution in [1.82, 2.24) is 14.8 Å². The number of anilines is 1. The summed E-state index contributed by atoms with van der Waals surface area (Å²) in [7, 11) is 0. The minimum atomic E-state index is -0.388. The summed E-state index contributed by atoms with van der Waals surface area (Å²) in [5.41, 5.74) is 0. The zero-order valence-corrected chi connectivity index (χ0v) is 9.00. The van der Waals surface area contributed by atoms with Crippen LogP contribution < -0.4 is 5.32 Å². The number of halogens is 1. The maximum absolute atomic E-state index is 11.5. The van der Waals surface area contributed by atoms with Crippen LogP contribution >= 0.6 is 27.5 Å². The van der Waals surface area contributed by atoms with Crippen LogP contribution in [-0.2, 0) is 0 Å². The first kappa shape index (κ1) is 9.28. The van der Waals surface area contributed by atoms with E-state index in [1.54, 1.807) is 6.07 Å². The van der Waals surface area contributed by atoms with Gasteiger partial charge in [0.05, 0.1) is 10.7 Å². The predicted molar refractivity (Wildman–Crippen MR) is 52.1 cm³/mol. The van der Waals surface area contributed by atoms with E-state index in [1.165, 1.54) is 6.26 Å². The van der Waals surface area contributed by atoms with Crippen LogP contribution in [0.5, 0.6) is 0 Å². The van der Waals surface area contributed by atoms with Gasteiger partial charge in [0.1, 0.15) is 0 Å². The van der Waals surface area contributed by atoms with E-state index in [1.807, 2.05) is 0 Å². The molecule has 1 amide bonds. The Kier molecular flexibility index (Phi) is 2.55. The minimum absolute atomic E-state index is 0.195.